The van der Waals surface area contributed by atoms with Crippen molar-refractivity contribution in [3.8, 4) is 0 Å². The van der Waals surface area contributed by atoms with Crippen molar-refractivity contribution >= 4 is 5.97 Å². The van der Waals surface area contributed by atoms with Crippen LogP contribution in [0.25, 0.3) is 0 Å². The van der Waals surface area contributed by atoms with E-state index in [0.29, 0.717) is 25.4 Å². The molecule has 3 rings (SSSR count). The molecule has 0 aromatic heterocycles. The Morgan fingerprint density at radius 2 is 2.00 bits per heavy atom. The highest BCUT2D eigenvalue weighted by Gasteiger charge is 2.52. The van der Waals surface area contributed by atoms with Gasteiger partial charge in [-0.3, -0.25) is 0 Å². The van der Waals surface area contributed by atoms with Gasteiger partial charge in [-0.1, -0.05) is 55.7 Å². The van der Waals surface area contributed by atoms with Gasteiger partial charge in [0.05, 0.1) is 12.2 Å². The predicted octanol–water partition coefficient (Wildman–Crippen LogP) is 5.16. The number of carbonyl (C=O) groups excluding carboxylic acids is 1. The van der Waals surface area contributed by atoms with Gasteiger partial charge in [-0.15, -0.1) is 0 Å². The summed E-state index contributed by atoms with van der Waals surface area (Å²) in [5, 5.41) is 10.3. The summed E-state index contributed by atoms with van der Waals surface area (Å²) in [6, 6.07) is 10.1. The van der Waals surface area contributed by atoms with Crippen molar-refractivity contribution in [1.29, 1.82) is 0 Å². The Labute approximate surface area is 155 Å². The van der Waals surface area contributed by atoms with Gasteiger partial charge in [0.15, 0.2) is 5.60 Å². The molecule has 0 bridgehead atoms. The van der Waals surface area contributed by atoms with Gasteiger partial charge in [0, 0.05) is 11.6 Å². The topological polar surface area (TPSA) is 55.8 Å². The van der Waals surface area contributed by atoms with Crippen LogP contribution >= 0.6 is 0 Å². The van der Waals surface area contributed by atoms with Crippen LogP contribution in [0.4, 0.5) is 0 Å². The molecule has 1 aromatic carbocycles. The van der Waals surface area contributed by atoms with E-state index in [-0.39, 0.29) is 11.9 Å². The molecule has 1 atom stereocenters. The normalized spacial score (nSPS) is 23.6. The Balaban J connectivity index is 1.79. The Morgan fingerprint density at radius 3 is 2.65 bits per heavy atom. The van der Waals surface area contributed by atoms with E-state index in [0.717, 1.165) is 24.0 Å². The van der Waals surface area contributed by atoms with Crippen LogP contribution in [0.15, 0.2) is 54.0 Å². The molecule has 2 aliphatic rings. The van der Waals surface area contributed by atoms with Crippen molar-refractivity contribution in [3.05, 3.63) is 59.6 Å². The van der Waals surface area contributed by atoms with E-state index in [4.69, 9.17) is 9.47 Å². The number of allylic oxidation sites excluding steroid dienone is 1. The molecule has 0 spiro atoms. The highest BCUT2D eigenvalue weighted by atomic mass is 16.6. The second kappa shape index (κ2) is 8.43. The number of aliphatic hydroxyl groups is 1. The first kappa shape index (κ1) is 18.6. The minimum atomic E-state index is -0.577. The second-order valence-corrected chi connectivity index (χ2v) is 7.04. The maximum absolute atomic E-state index is 11.5. The standard InChI is InChI=1S/C22H28O4/c1-2-25-19(23)15-9-10-16-22(18-13-7-4-8-14-18)20(21(24)26-22)17-11-5-3-6-12-17/h4,7-9,13-15,17,24H,2-3,5-6,10-12,16H2,1H3/b15-9+. The van der Waals surface area contributed by atoms with E-state index >= 15 is 0 Å². The molecule has 1 saturated carbocycles. The van der Waals surface area contributed by atoms with Crippen LogP contribution in [-0.4, -0.2) is 17.7 Å². The minimum Gasteiger partial charge on any atom is -0.481 e. The SMILES string of the molecule is CCOC(=O)/C=C/CCC1(c2ccccc2)OC(O)=C1C1CCCCC1. The average molecular weight is 356 g/mol. The van der Waals surface area contributed by atoms with Crippen molar-refractivity contribution in [2.24, 2.45) is 5.92 Å². The fourth-order valence-electron chi connectivity index (χ4n) is 4.21. The molecule has 1 fully saturated rings. The average Bonchev–Trinajstić information content (AvgIpc) is 2.65. The molecule has 0 saturated heterocycles. The highest BCUT2D eigenvalue weighted by Crippen LogP contribution is 2.54. The summed E-state index contributed by atoms with van der Waals surface area (Å²) in [5.74, 6) is 0.170. The van der Waals surface area contributed by atoms with Crippen LogP contribution in [0.2, 0.25) is 0 Å². The van der Waals surface area contributed by atoms with Crippen LogP contribution in [0.1, 0.15) is 57.4 Å². The number of esters is 1. The lowest BCUT2D eigenvalue weighted by molar-refractivity contribution is -0.137. The number of ether oxygens (including phenoxy) is 2. The third-order valence-corrected chi connectivity index (χ3v) is 5.39. The number of benzene rings is 1. The first-order valence-electron chi connectivity index (χ1n) is 9.69. The second-order valence-electron chi connectivity index (χ2n) is 7.04. The van der Waals surface area contributed by atoms with Gasteiger partial charge < -0.3 is 14.6 Å². The molecule has 1 heterocycles. The number of rotatable bonds is 7. The Hall–Kier alpha value is -2.23. The molecule has 0 amide bonds. The van der Waals surface area contributed by atoms with Gasteiger partial charge in [-0.25, -0.2) is 4.79 Å². The highest BCUT2D eigenvalue weighted by molar-refractivity contribution is 5.81. The lowest BCUT2D eigenvalue weighted by Crippen LogP contribution is -2.44. The zero-order chi connectivity index (χ0) is 18.4. The lowest BCUT2D eigenvalue weighted by Gasteiger charge is -2.47. The van der Waals surface area contributed by atoms with Crippen molar-refractivity contribution in [3.63, 3.8) is 0 Å². The maximum Gasteiger partial charge on any atom is 0.330 e. The third kappa shape index (κ3) is 3.79. The fraction of sp³-hybridized carbons (Fsp3) is 0.500. The third-order valence-electron chi connectivity index (χ3n) is 5.39. The predicted molar refractivity (Wildman–Crippen MR) is 100 cm³/mol. The zero-order valence-corrected chi connectivity index (χ0v) is 15.4. The number of hydrogen-bond acceptors (Lipinski definition) is 4. The summed E-state index contributed by atoms with van der Waals surface area (Å²) in [7, 11) is 0. The van der Waals surface area contributed by atoms with Crippen molar-refractivity contribution in [2.75, 3.05) is 6.61 Å². The van der Waals surface area contributed by atoms with Crippen LogP contribution in [-0.2, 0) is 19.9 Å². The smallest absolute Gasteiger partial charge is 0.330 e. The van der Waals surface area contributed by atoms with E-state index in [1.165, 1.54) is 25.3 Å². The summed E-state index contributed by atoms with van der Waals surface area (Å²) in [5.41, 5.74) is 1.54. The molecule has 4 heteroatoms. The number of hydrogen-bond donors (Lipinski definition) is 1. The molecule has 1 aromatic rings. The molecule has 1 unspecified atom stereocenters. The monoisotopic (exact) mass is 356 g/mol. The van der Waals surface area contributed by atoms with Crippen LogP contribution in [0, 0.1) is 5.92 Å². The van der Waals surface area contributed by atoms with E-state index < -0.39 is 5.60 Å². The van der Waals surface area contributed by atoms with E-state index in [1.807, 2.05) is 24.3 Å². The van der Waals surface area contributed by atoms with E-state index in [1.54, 1.807) is 6.92 Å². The van der Waals surface area contributed by atoms with Gasteiger partial charge in [-0.2, -0.15) is 0 Å². The molecule has 4 nitrogen and oxygen atoms in total. The Kier molecular flexibility index (Phi) is 6.02. The quantitative estimate of drug-likeness (QED) is 0.541. The Morgan fingerprint density at radius 1 is 1.27 bits per heavy atom. The summed E-state index contributed by atoms with van der Waals surface area (Å²) < 4.78 is 10.8. The zero-order valence-electron chi connectivity index (χ0n) is 15.4. The minimum absolute atomic E-state index is 0.107. The van der Waals surface area contributed by atoms with Crippen LogP contribution in [0.5, 0.6) is 0 Å². The first-order chi connectivity index (χ1) is 12.7. The molecule has 1 N–H and O–H groups in total. The summed E-state index contributed by atoms with van der Waals surface area (Å²) >= 11 is 0. The fourth-order valence-corrected chi connectivity index (χ4v) is 4.21. The maximum atomic E-state index is 11.5. The molecule has 26 heavy (non-hydrogen) atoms. The van der Waals surface area contributed by atoms with Crippen LogP contribution < -0.4 is 0 Å². The van der Waals surface area contributed by atoms with Gasteiger partial charge in [0.25, 0.3) is 5.95 Å². The van der Waals surface area contributed by atoms with Crippen molar-refractivity contribution in [2.45, 2.75) is 57.5 Å². The molecule has 0 radical (unpaired) electrons. The Bertz CT molecular complexity index is 671. The van der Waals surface area contributed by atoms with Gasteiger partial charge in [-0.05, 0) is 38.5 Å². The summed E-state index contributed by atoms with van der Waals surface area (Å²) in [6.07, 6.45) is 10.6. The number of aliphatic hydroxyl groups excluding tert-OH is 1. The van der Waals surface area contributed by atoms with Crippen molar-refractivity contribution in [1.82, 2.24) is 0 Å². The summed E-state index contributed by atoms with van der Waals surface area (Å²) in [6.45, 7) is 2.17. The van der Waals surface area contributed by atoms with Crippen LogP contribution in [0.3, 0.4) is 0 Å². The summed E-state index contributed by atoms with van der Waals surface area (Å²) in [4.78, 5) is 11.5. The molecular formula is C22H28O4. The number of carbonyl (C=O) groups is 1. The van der Waals surface area contributed by atoms with Gasteiger partial charge in [0.2, 0.25) is 0 Å². The molecular weight excluding hydrogens is 328 g/mol. The van der Waals surface area contributed by atoms with Gasteiger partial charge >= 0.3 is 5.97 Å². The van der Waals surface area contributed by atoms with E-state index in [2.05, 4.69) is 12.1 Å². The first-order valence-corrected chi connectivity index (χ1v) is 9.69. The van der Waals surface area contributed by atoms with E-state index in [9.17, 15) is 9.90 Å². The molecule has 1 aliphatic heterocycles. The van der Waals surface area contributed by atoms with Crippen molar-refractivity contribution < 1.29 is 19.4 Å². The lowest BCUT2D eigenvalue weighted by atomic mass is 9.69. The largest absolute Gasteiger partial charge is 0.481 e. The molecule has 1 aliphatic carbocycles. The van der Waals surface area contributed by atoms with Gasteiger partial charge in [0.1, 0.15) is 0 Å². The molecule has 140 valence electrons.